The van der Waals surface area contributed by atoms with Gasteiger partial charge in [-0.05, 0) is 26.2 Å². The number of carbonyl (C=O) groups excluding carboxylic acids is 1. The van der Waals surface area contributed by atoms with E-state index in [2.05, 4.69) is 27.4 Å². The fourth-order valence-corrected chi connectivity index (χ4v) is 3.38. The van der Waals surface area contributed by atoms with E-state index < -0.39 is 0 Å². The number of esters is 1. The quantitative estimate of drug-likeness (QED) is 0.517. The van der Waals surface area contributed by atoms with Gasteiger partial charge in [0.1, 0.15) is 6.10 Å². The molecule has 0 heterocycles. The second-order valence-electron chi connectivity index (χ2n) is 6.52. The van der Waals surface area contributed by atoms with Gasteiger partial charge in [0.2, 0.25) is 0 Å². The van der Waals surface area contributed by atoms with Gasteiger partial charge in [-0.15, -0.1) is 0 Å². The van der Waals surface area contributed by atoms with Crippen LogP contribution in [0.4, 0.5) is 0 Å². The minimum Gasteiger partial charge on any atom is -0.462 e. The molecule has 0 unspecified atom stereocenters. The highest BCUT2D eigenvalue weighted by Crippen LogP contribution is 2.49. The maximum absolute atomic E-state index is 11.3. The first kappa shape index (κ1) is 13.4. The second kappa shape index (κ2) is 4.56. The van der Waals surface area contributed by atoms with Gasteiger partial charge in [-0.2, -0.15) is 0 Å². The maximum Gasteiger partial charge on any atom is 0.302 e. The Morgan fingerprint density at radius 1 is 1.44 bits per heavy atom. The topological polar surface area (TPSA) is 26.3 Å². The third kappa shape index (κ3) is 2.38. The van der Waals surface area contributed by atoms with Crippen LogP contribution in [0, 0.1) is 11.3 Å². The van der Waals surface area contributed by atoms with Crippen LogP contribution >= 0.6 is 0 Å². The summed E-state index contributed by atoms with van der Waals surface area (Å²) in [5, 5.41) is 0. The van der Waals surface area contributed by atoms with Crippen LogP contribution in [0.5, 0.6) is 0 Å². The van der Waals surface area contributed by atoms with E-state index in [0.29, 0.717) is 5.92 Å². The van der Waals surface area contributed by atoms with E-state index in [1.165, 1.54) is 30.9 Å². The van der Waals surface area contributed by atoms with Crippen molar-refractivity contribution in [3.05, 3.63) is 23.3 Å². The van der Waals surface area contributed by atoms with Crippen molar-refractivity contribution in [2.24, 2.45) is 11.3 Å². The maximum atomic E-state index is 11.3. The van der Waals surface area contributed by atoms with E-state index in [1.807, 2.05) is 0 Å². The predicted octanol–water partition coefficient (Wildman–Crippen LogP) is 4.02. The first-order valence-electron chi connectivity index (χ1n) is 6.84. The highest BCUT2D eigenvalue weighted by Gasteiger charge is 2.41. The summed E-state index contributed by atoms with van der Waals surface area (Å²) in [5.41, 5.74) is 4.33. The van der Waals surface area contributed by atoms with Crippen LogP contribution in [-0.4, -0.2) is 12.1 Å². The van der Waals surface area contributed by atoms with Gasteiger partial charge in [-0.1, -0.05) is 37.1 Å². The third-order valence-electron chi connectivity index (χ3n) is 4.54. The normalized spacial score (nSPS) is 31.0. The molecule has 1 fully saturated rings. The molecule has 0 spiro atoms. The zero-order valence-electron chi connectivity index (χ0n) is 12.0. The summed E-state index contributed by atoms with van der Waals surface area (Å²) in [5.74, 6) is 0.350. The molecule has 2 aliphatic carbocycles. The average Bonchev–Trinajstić information content (AvgIpc) is 2.54. The lowest BCUT2D eigenvalue weighted by Crippen LogP contribution is -2.32. The highest BCUT2D eigenvalue weighted by atomic mass is 16.5. The molecule has 0 aromatic rings. The molecule has 0 N–H and O–H groups in total. The number of hydrogen-bond donors (Lipinski definition) is 0. The van der Waals surface area contributed by atoms with E-state index >= 15 is 0 Å². The van der Waals surface area contributed by atoms with Gasteiger partial charge in [0.05, 0.1) is 0 Å². The van der Waals surface area contributed by atoms with Gasteiger partial charge in [0.25, 0.3) is 0 Å². The number of carbonyl (C=O) groups is 1. The van der Waals surface area contributed by atoms with Gasteiger partial charge < -0.3 is 4.74 Å². The van der Waals surface area contributed by atoms with Crippen molar-refractivity contribution in [1.82, 2.24) is 0 Å². The summed E-state index contributed by atoms with van der Waals surface area (Å²) in [4.78, 5) is 11.3. The summed E-state index contributed by atoms with van der Waals surface area (Å²) in [6.45, 7) is 12.4. The van der Waals surface area contributed by atoms with Gasteiger partial charge in [-0.3, -0.25) is 4.79 Å². The van der Waals surface area contributed by atoms with Crippen LogP contribution in [0.2, 0.25) is 0 Å². The van der Waals surface area contributed by atoms with Crippen molar-refractivity contribution in [3.63, 3.8) is 0 Å². The van der Waals surface area contributed by atoms with Crippen molar-refractivity contribution < 1.29 is 9.53 Å². The van der Waals surface area contributed by atoms with Crippen LogP contribution in [0.15, 0.2) is 23.3 Å². The lowest BCUT2D eigenvalue weighted by atomic mass is 9.80. The first-order valence-corrected chi connectivity index (χ1v) is 6.84. The van der Waals surface area contributed by atoms with Crippen molar-refractivity contribution in [2.75, 3.05) is 0 Å². The smallest absolute Gasteiger partial charge is 0.302 e. The molecule has 100 valence electrons. The first-order chi connectivity index (χ1) is 8.31. The molecule has 0 aliphatic heterocycles. The Bertz CT molecular complexity index is 415. The zero-order valence-corrected chi connectivity index (χ0v) is 12.0. The predicted molar refractivity (Wildman–Crippen MR) is 73.1 cm³/mol. The molecule has 2 aliphatic rings. The summed E-state index contributed by atoms with van der Waals surface area (Å²) in [6, 6.07) is 0. The lowest BCUT2D eigenvalue weighted by Gasteiger charge is -2.32. The Labute approximate surface area is 110 Å². The Morgan fingerprint density at radius 3 is 2.72 bits per heavy atom. The van der Waals surface area contributed by atoms with E-state index in [9.17, 15) is 4.79 Å². The molecular weight excluding hydrogens is 224 g/mol. The van der Waals surface area contributed by atoms with Crippen LogP contribution in [0.3, 0.4) is 0 Å². The second-order valence-corrected chi connectivity index (χ2v) is 6.52. The Balaban J connectivity index is 2.31. The van der Waals surface area contributed by atoms with Crippen LogP contribution in [-0.2, 0) is 9.53 Å². The molecular formula is C16H24O2. The molecule has 0 aromatic carbocycles. The van der Waals surface area contributed by atoms with Crippen molar-refractivity contribution in [1.29, 1.82) is 0 Å². The van der Waals surface area contributed by atoms with Gasteiger partial charge in [0.15, 0.2) is 0 Å². The highest BCUT2D eigenvalue weighted by molar-refractivity contribution is 5.66. The molecule has 0 radical (unpaired) electrons. The molecule has 2 heteroatoms. The number of hydrogen-bond acceptors (Lipinski definition) is 2. The molecule has 2 atom stereocenters. The van der Waals surface area contributed by atoms with Gasteiger partial charge in [-0.25, -0.2) is 0 Å². The van der Waals surface area contributed by atoms with Gasteiger partial charge >= 0.3 is 5.97 Å². The molecule has 1 saturated carbocycles. The molecule has 0 amide bonds. The summed E-state index contributed by atoms with van der Waals surface area (Å²) < 4.78 is 5.53. The third-order valence-corrected chi connectivity index (χ3v) is 4.54. The number of allylic oxidation sites excluding steroid dienone is 2. The lowest BCUT2D eigenvalue weighted by molar-refractivity contribution is -0.152. The van der Waals surface area contributed by atoms with E-state index in [4.69, 9.17) is 4.74 Å². The average molecular weight is 248 g/mol. The monoisotopic (exact) mass is 248 g/mol. The van der Waals surface area contributed by atoms with Crippen molar-refractivity contribution >= 4 is 5.97 Å². The van der Waals surface area contributed by atoms with Crippen molar-refractivity contribution in [3.8, 4) is 0 Å². The Morgan fingerprint density at radius 2 is 2.11 bits per heavy atom. The SMILES string of the molecule is C=C1C[C@H](OC(C)=O)C(C)(C)CC2=C(C)CC[C@H]12. The summed E-state index contributed by atoms with van der Waals surface area (Å²) in [6.07, 6.45) is 4.21. The van der Waals surface area contributed by atoms with Crippen LogP contribution in [0.1, 0.15) is 53.4 Å². The molecule has 18 heavy (non-hydrogen) atoms. The molecule has 0 aromatic heterocycles. The van der Waals surface area contributed by atoms with Crippen molar-refractivity contribution in [2.45, 2.75) is 59.5 Å². The van der Waals surface area contributed by atoms with E-state index in [-0.39, 0.29) is 17.5 Å². The molecule has 0 saturated heterocycles. The minimum atomic E-state index is -0.182. The van der Waals surface area contributed by atoms with Gasteiger partial charge in [0, 0.05) is 24.7 Å². The van der Waals surface area contributed by atoms with Crippen LogP contribution < -0.4 is 0 Å². The Kier molecular flexibility index (Phi) is 3.39. The molecule has 0 bridgehead atoms. The number of rotatable bonds is 1. The largest absolute Gasteiger partial charge is 0.462 e. The fourth-order valence-electron chi connectivity index (χ4n) is 3.38. The molecule has 2 nitrogen and oxygen atoms in total. The standard InChI is InChI=1S/C16H24O2/c1-10-6-7-13-11(2)8-15(18-12(3)17)16(4,5)9-14(10)13/h13,15H,2,6-9H2,1,3-5H3/t13-,15+/m1/s1. The number of ether oxygens (including phenoxy) is 1. The minimum absolute atomic E-state index is 0.00426. The summed E-state index contributed by atoms with van der Waals surface area (Å²) in [7, 11) is 0. The van der Waals surface area contributed by atoms with E-state index in [0.717, 1.165) is 12.8 Å². The zero-order chi connectivity index (χ0) is 13.5. The Hall–Kier alpha value is -1.05. The van der Waals surface area contributed by atoms with Crippen LogP contribution in [0.25, 0.3) is 0 Å². The molecule has 2 rings (SSSR count). The van der Waals surface area contributed by atoms with E-state index in [1.54, 1.807) is 5.57 Å². The fraction of sp³-hybridized carbons (Fsp3) is 0.688. The number of fused-ring (bicyclic) bond motifs is 1. The summed E-state index contributed by atoms with van der Waals surface area (Å²) >= 11 is 0.